The summed E-state index contributed by atoms with van der Waals surface area (Å²) in [6.45, 7) is 3.79. The monoisotopic (exact) mass is 170 g/mol. The number of rotatable bonds is 1. The van der Waals surface area contributed by atoms with Crippen molar-refractivity contribution in [2.24, 2.45) is 0 Å². The first-order valence-corrected chi connectivity index (χ1v) is 4.46. The second-order valence-corrected chi connectivity index (χ2v) is 3.28. The predicted molar refractivity (Wildman–Crippen MR) is 43.8 cm³/mol. The van der Waals surface area contributed by atoms with Crippen LogP contribution in [0.2, 0.25) is 0 Å². The van der Waals surface area contributed by atoms with Gasteiger partial charge in [-0.1, -0.05) is 0 Å². The average molecular weight is 170 g/mol. The molecule has 1 amide bonds. The van der Waals surface area contributed by atoms with Crippen molar-refractivity contribution in [1.29, 1.82) is 0 Å². The highest BCUT2D eigenvalue weighted by Crippen LogP contribution is 2.13. The van der Waals surface area contributed by atoms with Crippen LogP contribution in [0.3, 0.4) is 0 Å². The lowest BCUT2D eigenvalue weighted by Crippen LogP contribution is -2.52. The number of carbonyl (C=O) groups is 1. The molecular formula is C8H14N2O2. The molecule has 0 aliphatic carbocycles. The van der Waals surface area contributed by atoms with E-state index in [-0.39, 0.29) is 5.91 Å². The van der Waals surface area contributed by atoms with E-state index < -0.39 is 0 Å². The summed E-state index contributed by atoms with van der Waals surface area (Å²) >= 11 is 0. The largest absolute Gasteiger partial charge is 0.379 e. The fourth-order valence-electron chi connectivity index (χ4n) is 1.78. The van der Waals surface area contributed by atoms with E-state index in [2.05, 4.69) is 5.32 Å². The molecule has 12 heavy (non-hydrogen) atoms. The topological polar surface area (TPSA) is 41.6 Å². The van der Waals surface area contributed by atoms with Gasteiger partial charge in [0.1, 0.15) is 0 Å². The van der Waals surface area contributed by atoms with Gasteiger partial charge in [0.25, 0.3) is 0 Å². The van der Waals surface area contributed by atoms with Gasteiger partial charge in [-0.25, -0.2) is 0 Å². The molecule has 2 rings (SSSR count). The summed E-state index contributed by atoms with van der Waals surface area (Å²) in [5.41, 5.74) is 0. The summed E-state index contributed by atoms with van der Waals surface area (Å²) in [5.74, 6) is 0.219. The Bertz CT molecular complexity index is 178. The van der Waals surface area contributed by atoms with E-state index in [1.807, 2.05) is 4.90 Å². The lowest BCUT2D eigenvalue weighted by atomic mass is 10.2. The van der Waals surface area contributed by atoms with Crippen LogP contribution >= 0.6 is 0 Å². The first-order valence-electron chi connectivity index (χ1n) is 4.46. The third-order valence-electron chi connectivity index (χ3n) is 2.47. The first kappa shape index (κ1) is 8.01. The molecule has 4 nitrogen and oxygen atoms in total. The van der Waals surface area contributed by atoms with Crippen LogP contribution in [0.5, 0.6) is 0 Å². The molecule has 0 aromatic rings. The molecule has 2 heterocycles. The summed E-state index contributed by atoms with van der Waals surface area (Å²) in [6, 6.07) is 0.347. The molecule has 0 aromatic heterocycles. The highest BCUT2D eigenvalue weighted by Gasteiger charge is 2.28. The summed E-state index contributed by atoms with van der Waals surface area (Å²) < 4.78 is 5.24. The Kier molecular flexibility index (Phi) is 2.28. The van der Waals surface area contributed by atoms with Crippen molar-refractivity contribution in [2.75, 3.05) is 32.8 Å². The lowest BCUT2D eigenvalue weighted by Gasteiger charge is -2.31. The Morgan fingerprint density at radius 2 is 2.50 bits per heavy atom. The van der Waals surface area contributed by atoms with E-state index in [0.717, 1.165) is 32.7 Å². The molecule has 0 saturated carbocycles. The Morgan fingerprint density at radius 1 is 1.58 bits per heavy atom. The second kappa shape index (κ2) is 3.41. The second-order valence-electron chi connectivity index (χ2n) is 3.28. The SMILES string of the molecule is O=C1CNCCN1[C@@H]1CCOC1. The van der Waals surface area contributed by atoms with Crippen LogP contribution in [0, 0.1) is 0 Å². The van der Waals surface area contributed by atoms with E-state index in [4.69, 9.17) is 4.74 Å². The van der Waals surface area contributed by atoms with Crippen LogP contribution in [0.15, 0.2) is 0 Å². The zero-order valence-corrected chi connectivity index (χ0v) is 7.08. The van der Waals surface area contributed by atoms with E-state index in [1.165, 1.54) is 0 Å². The van der Waals surface area contributed by atoms with Crippen molar-refractivity contribution >= 4 is 5.91 Å². The first-order chi connectivity index (χ1) is 5.88. The molecule has 0 radical (unpaired) electrons. The maximum absolute atomic E-state index is 11.4. The average Bonchev–Trinajstić information content (AvgIpc) is 2.57. The molecule has 1 atom stereocenters. The molecule has 2 fully saturated rings. The van der Waals surface area contributed by atoms with Gasteiger partial charge >= 0.3 is 0 Å². The molecule has 2 aliphatic heterocycles. The van der Waals surface area contributed by atoms with Gasteiger partial charge in [-0.15, -0.1) is 0 Å². The van der Waals surface area contributed by atoms with Gasteiger partial charge < -0.3 is 15.0 Å². The molecule has 4 heteroatoms. The van der Waals surface area contributed by atoms with Gasteiger partial charge in [-0.3, -0.25) is 4.79 Å². The van der Waals surface area contributed by atoms with Gasteiger partial charge in [0.2, 0.25) is 5.91 Å². The minimum atomic E-state index is 0.219. The Hall–Kier alpha value is -0.610. The number of nitrogens with one attached hydrogen (secondary N) is 1. The molecule has 0 unspecified atom stereocenters. The minimum absolute atomic E-state index is 0.219. The lowest BCUT2D eigenvalue weighted by molar-refractivity contribution is -0.134. The minimum Gasteiger partial charge on any atom is -0.379 e. The highest BCUT2D eigenvalue weighted by molar-refractivity contribution is 5.79. The van der Waals surface area contributed by atoms with E-state index in [1.54, 1.807) is 0 Å². The Labute approximate surface area is 71.9 Å². The number of amides is 1. The van der Waals surface area contributed by atoms with Crippen molar-refractivity contribution in [2.45, 2.75) is 12.5 Å². The van der Waals surface area contributed by atoms with Crippen LogP contribution in [0.4, 0.5) is 0 Å². The number of carbonyl (C=O) groups excluding carboxylic acids is 1. The smallest absolute Gasteiger partial charge is 0.236 e. The van der Waals surface area contributed by atoms with Crippen LogP contribution in [0.1, 0.15) is 6.42 Å². The molecule has 1 N–H and O–H groups in total. The summed E-state index contributed by atoms with van der Waals surface area (Å²) in [4.78, 5) is 13.3. The van der Waals surface area contributed by atoms with Crippen molar-refractivity contribution in [1.82, 2.24) is 10.2 Å². The van der Waals surface area contributed by atoms with Crippen molar-refractivity contribution in [3.8, 4) is 0 Å². The molecule has 68 valence electrons. The van der Waals surface area contributed by atoms with Crippen LogP contribution in [-0.4, -0.2) is 49.7 Å². The molecule has 0 bridgehead atoms. The fourth-order valence-corrected chi connectivity index (χ4v) is 1.78. The standard InChI is InChI=1S/C8H14N2O2/c11-8-5-9-2-3-10(8)7-1-4-12-6-7/h7,9H,1-6H2/t7-/m1/s1. The molecule has 2 aliphatic rings. The maximum Gasteiger partial charge on any atom is 0.236 e. The van der Waals surface area contributed by atoms with E-state index >= 15 is 0 Å². The number of ether oxygens (including phenoxy) is 1. The number of piperazine rings is 1. The van der Waals surface area contributed by atoms with E-state index in [0.29, 0.717) is 12.6 Å². The van der Waals surface area contributed by atoms with Crippen molar-refractivity contribution < 1.29 is 9.53 Å². The molecule has 2 saturated heterocycles. The maximum atomic E-state index is 11.4. The van der Waals surface area contributed by atoms with Gasteiger partial charge in [0, 0.05) is 19.7 Å². The zero-order valence-electron chi connectivity index (χ0n) is 7.08. The van der Waals surface area contributed by atoms with Gasteiger partial charge in [-0.2, -0.15) is 0 Å². The highest BCUT2D eigenvalue weighted by atomic mass is 16.5. The van der Waals surface area contributed by atoms with Crippen LogP contribution < -0.4 is 5.32 Å². The quantitative estimate of drug-likeness (QED) is 0.560. The van der Waals surface area contributed by atoms with Gasteiger partial charge in [-0.05, 0) is 6.42 Å². The number of hydrogen-bond donors (Lipinski definition) is 1. The number of nitrogens with zero attached hydrogens (tertiary/aromatic N) is 1. The Balaban J connectivity index is 1.95. The molecule has 0 spiro atoms. The van der Waals surface area contributed by atoms with Gasteiger partial charge in [0.05, 0.1) is 19.2 Å². The summed E-state index contributed by atoms with van der Waals surface area (Å²) in [7, 11) is 0. The summed E-state index contributed by atoms with van der Waals surface area (Å²) in [5, 5.41) is 3.06. The fraction of sp³-hybridized carbons (Fsp3) is 0.875. The van der Waals surface area contributed by atoms with Gasteiger partial charge in [0.15, 0.2) is 0 Å². The van der Waals surface area contributed by atoms with Crippen molar-refractivity contribution in [3.05, 3.63) is 0 Å². The molecule has 0 aromatic carbocycles. The van der Waals surface area contributed by atoms with Crippen LogP contribution in [-0.2, 0) is 9.53 Å². The third kappa shape index (κ3) is 1.44. The normalized spacial score (nSPS) is 31.2. The summed E-state index contributed by atoms with van der Waals surface area (Å²) in [6.07, 6.45) is 1.01. The van der Waals surface area contributed by atoms with E-state index in [9.17, 15) is 4.79 Å². The predicted octanol–water partition coefficient (Wildman–Crippen LogP) is -0.793. The Morgan fingerprint density at radius 3 is 3.17 bits per heavy atom. The third-order valence-corrected chi connectivity index (χ3v) is 2.47. The van der Waals surface area contributed by atoms with Crippen LogP contribution in [0.25, 0.3) is 0 Å². The van der Waals surface area contributed by atoms with Crippen molar-refractivity contribution in [3.63, 3.8) is 0 Å². The molecular weight excluding hydrogens is 156 g/mol. The zero-order chi connectivity index (χ0) is 8.39. The number of hydrogen-bond acceptors (Lipinski definition) is 3.